The van der Waals surface area contributed by atoms with Gasteiger partial charge in [-0.2, -0.15) is 0 Å². The van der Waals surface area contributed by atoms with Gasteiger partial charge >= 0.3 is 0 Å². The highest BCUT2D eigenvalue weighted by molar-refractivity contribution is 5.86. The van der Waals surface area contributed by atoms with Gasteiger partial charge < -0.3 is 21.1 Å². The van der Waals surface area contributed by atoms with E-state index in [0.29, 0.717) is 19.5 Å². The van der Waals surface area contributed by atoms with Crippen LogP contribution in [0.15, 0.2) is 30.3 Å². The van der Waals surface area contributed by atoms with E-state index < -0.39 is 11.5 Å². The number of nitrogens with zero attached hydrogens (tertiary/aromatic N) is 1. The molecule has 120 valence electrons. The SMILES string of the molecule is NC(=O)CNCC1(O)CCCN(CCc2ccccc2)C1=O. The van der Waals surface area contributed by atoms with E-state index in [4.69, 9.17) is 5.73 Å². The molecule has 2 rings (SSSR count). The Bertz CT molecular complexity index is 521. The summed E-state index contributed by atoms with van der Waals surface area (Å²) in [4.78, 5) is 24.9. The van der Waals surface area contributed by atoms with Crippen molar-refractivity contribution in [1.29, 1.82) is 0 Å². The van der Waals surface area contributed by atoms with Crippen molar-refractivity contribution >= 4 is 11.8 Å². The van der Waals surface area contributed by atoms with E-state index in [1.165, 1.54) is 0 Å². The molecule has 1 heterocycles. The van der Waals surface area contributed by atoms with Crippen molar-refractivity contribution in [1.82, 2.24) is 10.2 Å². The fourth-order valence-corrected chi connectivity index (χ4v) is 2.74. The molecule has 1 aromatic carbocycles. The van der Waals surface area contributed by atoms with E-state index in [1.807, 2.05) is 30.3 Å². The second-order valence-electron chi connectivity index (χ2n) is 5.73. The minimum Gasteiger partial charge on any atom is -0.379 e. The van der Waals surface area contributed by atoms with Crippen molar-refractivity contribution < 1.29 is 14.7 Å². The number of hydrogen-bond acceptors (Lipinski definition) is 4. The number of hydrogen-bond donors (Lipinski definition) is 3. The Labute approximate surface area is 130 Å². The highest BCUT2D eigenvalue weighted by Gasteiger charge is 2.41. The fourth-order valence-electron chi connectivity index (χ4n) is 2.74. The quantitative estimate of drug-likeness (QED) is 0.642. The number of carbonyl (C=O) groups is 2. The molecule has 1 saturated heterocycles. The highest BCUT2D eigenvalue weighted by atomic mass is 16.3. The van der Waals surface area contributed by atoms with Crippen LogP contribution in [-0.2, 0) is 16.0 Å². The third-order valence-corrected chi connectivity index (χ3v) is 3.93. The molecule has 0 aliphatic carbocycles. The first-order valence-electron chi connectivity index (χ1n) is 7.56. The van der Waals surface area contributed by atoms with Crippen LogP contribution in [0.3, 0.4) is 0 Å². The van der Waals surface area contributed by atoms with E-state index in [0.717, 1.165) is 18.4 Å². The largest absolute Gasteiger partial charge is 0.379 e. The van der Waals surface area contributed by atoms with E-state index in [9.17, 15) is 14.7 Å². The highest BCUT2D eigenvalue weighted by Crippen LogP contribution is 2.22. The number of nitrogens with two attached hydrogens (primary N) is 1. The molecule has 1 atom stereocenters. The van der Waals surface area contributed by atoms with Gasteiger partial charge in [0.15, 0.2) is 5.60 Å². The second-order valence-corrected chi connectivity index (χ2v) is 5.73. The molecule has 0 bridgehead atoms. The van der Waals surface area contributed by atoms with Crippen LogP contribution in [0.4, 0.5) is 0 Å². The third-order valence-electron chi connectivity index (χ3n) is 3.93. The Morgan fingerprint density at radius 1 is 1.36 bits per heavy atom. The average Bonchev–Trinajstić information content (AvgIpc) is 2.50. The zero-order valence-corrected chi connectivity index (χ0v) is 12.6. The van der Waals surface area contributed by atoms with Gasteiger partial charge in [0.2, 0.25) is 5.91 Å². The lowest BCUT2D eigenvalue weighted by molar-refractivity contribution is -0.156. The summed E-state index contributed by atoms with van der Waals surface area (Å²) in [5.41, 5.74) is 4.77. The second kappa shape index (κ2) is 7.38. The predicted octanol–water partition coefficient (Wildman–Crippen LogP) is -0.342. The number of likely N-dealkylation sites (tertiary alicyclic amines) is 1. The van der Waals surface area contributed by atoms with Gasteiger partial charge in [0, 0.05) is 19.6 Å². The molecule has 1 fully saturated rings. The summed E-state index contributed by atoms with van der Waals surface area (Å²) in [5, 5.41) is 13.3. The van der Waals surface area contributed by atoms with Crippen molar-refractivity contribution in [2.75, 3.05) is 26.2 Å². The van der Waals surface area contributed by atoms with Crippen LogP contribution >= 0.6 is 0 Å². The van der Waals surface area contributed by atoms with E-state index >= 15 is 0 Å². The molecule has 22 heavy (non-hydrogen) atoms. The predicted molar refractivity (Wildman–Crippen MR) is 83.0 cm³/mol. The molecule has 0 spiro atoms. The molecule has 6 heteroatoms. The zero-order valence-electron chi connectivity index (χ0n) is 12.6. The number of aliphatic hydroxyl groups is 1. The van der Waals surface area contributed by atoms with Gasteiger partial charge in [-0.1, -0.05) is 30.3 Å². The van der Waals surface area contributed by atoms with Crippen molar-refractivity contribution in [3.05, 3.63) is 35.9 Å². The maximum absolute atomic E-state index is 12.5. The Kier molecular flexibility index (Phi) is 5.51. The third kappa shape index (κ3) is 4.29. The van der Waals surface area contributed by atoms with Crippen LogP contribution < -0.4 is 11.1 Å². The smallest absolute Gasteiger partial charge is 0.255 e. The molecule has 1 aromatic rings. The first-order chi connectivity index (χ1) is 10.5. The van der Waals surface area contributed by atoms with Crippen molar-refractivity contribution in [2.45, 2.75) is 24.9 Å². The van der Waals surface area contributed by atoms with Crippen LogP contribution in [0.1, 0.15) is 18.4 Å². The fraction of sp³-hybridized carbons (Fsp3) is 0.500. The van der Waals surface area contributed by atoms with Gasteiger partial charge in [-0.25, -0.2) is 0 Å². The van der Waals surface area contributed by atoms with Gasteiger partial charge in [0.25, 0.3) is 5.91 Å². The molecule has 4 N–H and O–H groups in total. The number of primary amides is 1. The number of piperidine rings is 1. The molecule has 0 radical (unpaired) electrons. The topological polar surface area (TPSA) is 95.7 Å². The molecule has 0 aromatic heterocycles. The number of nitrogens with one attached hydrogen (secondary N) is 1. The maximum Gasteiger partial charge on any atom is 0.255 e. The Morgan fingerprint density at radius 2 is 2.09 bits per heavy atom. The Balaban J connectivity index is 1.90. The first kappa shape index (κ1) is 16.5. The van der Waals surface area contributed by atoms with Crippen LogP contribution in [0, 0.1) is 0 Å². The molecule has 1 unspecified atom stereocenters. The normalized spacial score (nSPS) is 21.9. The van der Waals surface area contributed by atoms with E-state index in [-0.39, 0.29) is 19.0 Å². The zero-order chi connectivity index (χ0) is 16.0. The molecule has 0 saturated carbocycles. The van der Waals surface area contributed by atoms with E-state index in [2.05, 4.69) is 5.32 Å². The van der Waals surface area contributed by atoms with Gasteiger partial charge in [-0.15, -0.1) is 0 Å². The lowest BCUT2D eigenvalue weighted by Gasteiger charge is -2.38. The lowest BCUT2D eigenvalue weighted by atomic mass is 9.91. The summed E-state index contributed by atoms with van der Waals surface area (Å²) in [6.45, 7) is 1.25. The summed E-state index contributed by atoms with van der Waals surface area (Å²) >= 11 is 0. The summed E-state index contributed by atoms with van der Waals surface area (Å²) in [7, 11) is 0. The van der Waals surface area contributed by atoms with Gasteiger partial charge in [-0.3, -0.25) is 9.59 Å². The maximum atomic E-state index is 12.5. The summed E-state index contributed by atoms with van der Waals surface area (Å²) in [5.74, 6) is -0.778. The number of amides is 2. The molecular weight excluding hydrogens is 282 g/mol. The Hall–Kier alpha value is -1.92. The number of rotatable bonds is 7. The van der Waals surface area contributed by atoms with Crippen LogP contribution in [0.25, 0.3) is 0 Å². The van der Waals surface area contributed by atoms with Crippen LogP contribution in [0.2, 0.25) is 0 Å². The number of carbonyl (C=O) groups excluding carboxylic acids is 2. The molecule has 1 aliphatic heterocycles. The standard InChI is InChI=1S/C16H23N3O3/c17-14(20)11-18-12-16(22)8-4-9-19(15(16)21)10-7-13-5-2-1-3-6-13/h1-3,5-6,18,22H,4,7-12H2,(H2,17,20). The van der Waals surface area contributed by atoms with Crippen molar-refractivity contribution in [3.63, 3.8) is 0 Å². The summed E-state index contributed by atoms with van der Waals surface area (Å²) in [6.07, 6.45) is 1.91. The van der Waals surface area contributed by atoms with Crippen LogP contribution in [-0.4, -0.2) is 53.6 Å². The van der Waals surface area contributed by atoms with Crippen molar-refractivity contribution in [3.8, 4) is 0 Å². The molecule has 1 aliphatic rings. The van der Waals surface area contributed by atoms with Gasteiger partial charge in [0.1, 0.15) is 0 Å². The monoisotopic (exact) mass is 305 g/mol. The number of benzene rings is 1. The minimum absolute atomic E-state index is 0.0421. The summed E-state index contributed by atoms with van der Waals surface area (Å²) in [6, 6.07) is 9.94. The lowest BCUT2D eigenvalue weighted by Crippen LogP contribution is -2.58. The van der Waals surface area contributed by atoms with Crippen molar-refractivity contribution in [2.24, 2.45) is 5.73 Å². The Morgan fingerprint density at radius 3 is 2.77 bits per heavy atom. The summed E-state index contributed by atoms with van der Waals surface area (Å²) < 4.78 is 0. The molecule has 6 nitrogen and oxygen atoms in total. The molecule has 2 amide bonds. The average molecular weight is 305 g/mol. The van der Waals surface area contributed by atoms with Gasteiger partial charge in [-0.05, 0) is 24.8 Å². The first-order valence-corrected chi connectivity index (χ1v) is 7.56. The minimum atomic E-state index is -1.44. The van der Waals surface area contributed by atoms with Crippen LogP contribution in [0.5, 0.6) is 0 Å². The van der Waals surface area contributed by atoms with Gasteiger partial charge in [0.05, 0.1) is 6.54 Å². The van der Waals surface area contributed by atoms with E-state index in [1.54, 1.807) is 4.90 Å². The molecular formula is C16H23N3O3.